The van der Waals surface area contributed by atoms with Crippen LogP contribution in [0.5, 0.6) is 0 Å². The van der Waals surface area contributed by atoms with E-state index >= 15 is 0 Å². The minimum Gasteiger partial charge on any atom is -0.341 e. The Kier molecular flexibility index (Phi) is 5.74. The largest absolute Gasteiger partial charge is 0.341 e. The van der Waals surface area contributed by atoms with Gasteiger partial charge in [-0.25, -0.2) is 0 Å². The summed E-state index contributed by atoms with van der Waals surface area (Å²) in [6.45, 7) is 4.01. The van der Waals surface area contributed by atoms with Gasteiger partial charge < -0.3 is 9.80 Å². The fourth-order valence-corrected chi connectivity index (χ4v) is 3.24. The number of nitrogens with zero attached hydrogens (tertiary/aromatic N) is 3. The Labute approximate surface area is 128 Å². The Morgan fingerprint density at radius 1 is 1.38 bits per heavy atom. The molecule has 2 heterocycles. The lowest BCUT2D eigenvalue weighted by molar-refractivity contribution is -0.130. The van der Waals surface area contributed by atoms with Crippen LogP contribution >= 0.6 is 0 Å². The second-order valence-electron chi connectivity index (χ2n) is 6.20. The molecule has 0 saturated carbocycles. The molecule has 0 aromatic carbocycles. The molecule has 0 N–H and O–H groups in total. The minimum atomic E-state index is 0.270. The molecule has 116 valence electrons. The molecule has 0 radical (unpaired) electrons. The van der Waals surface area contributed by atoms with E-state index in [9.17, 15) is 4.79 Å². The van der Waals surface area contributed by atoms with Crippen LogP contribution in [-0.4, -0.2) is 53.9 Å². The van der Waals surface area contributed by atoms with Gasteiger partial charge in [0.1, 0.15) is 0 Å². The van der Waals surface area contributed by atoms with Gasteiger partial charge in [-0.05, 0) is 45.0 Å². The number of hydrogen-bond donors (Lipinski definition) is 0. The molecule has 2 rings (SSSR count). The normalized spacial score (nSPS) is 22.0. The Bertz CT molecular complexity index is 447. The van der Waals surface area contributed by atoms with Crippen LogP contribution in [0.25, 0.3) is 0 Å². The van der Waals surface area contributed by atoms with Crippen molar-refractivity contribution in [2.45, 2.75) is 38.6 Å². The molecule has 1 aliphatic rings. The van der Waals surface area contributed by atoms with Crippen molar-refractivity contribution in [2.75, 3.05) is 27.2 Å². The summed E-state index contributed by atoms with van der Waals surface area (Å²) in [6, 6.07) is 6.37. The average molecular weight is 289 g/mol. The van der Waals surface area contributed by atoms with Crippen molar-refractivity contribution < 1.29 is 4.79 Å². The predicted octanol–water partition coefficient (Wildman–Crippen LogP) is 2.20. The van der Waals surface area contributed by atoms with Crippen LogP contribution in [-0.2, 0) is 11.2 Å². The van der Waals surface area contributed by atoms with Gasteiger partial charge in [0, 0.05) is 37.4 Å². The first-order valence-electron chi connectivity index (χ1n) is 7.96. The Hall–Kier alpha value is -1.42. The summed E-state index contributed by atoms with van der Waals surface area (Å²) in [5.41, 5.74) is 0.999. The summed E-state index contributed by atoms with van der Waals surface area (Å²) in [6.07, 6.45) is 5.48. The number of carbonyl (C=O) groups excluding carboxylic acids is 1. The summed E-state index contributed by atoms with van der Waals surface area (Å²) in [5, 5.41) is 0. The van der Waals surface area contributed by atoms with Crippen LogP contribution < -0.4 is 0 Å². The number of aromatic nitrogens is 1. The highest BCUT2D eigenvalue weighted by atomic mass is 16.2. The van der Waals surface area contributed by atoms with E-state index in [0.717, 1.165) is 25.2 Å². The molecule has 0 unspecified atom stereocenters. The maximum absolute atomic E-state index is 12.4. The zero-order valence-electron chi connectivity index (χ0n) is 13.5. The summed E-state index contributed by atoms with van der Waals surface area (Å²) in [7, 11) is 4.24. The van der Waals surface area contributed by atoms with Gasteiger partial charge in [-0.3, -0.25) is 9.78 Å². The van der Waals surface area contributed by atoms with Crippen molar-refractivity contribution in [3.8, 4) is 0 Å². The molecule has 4 nitrogen and oxygen atoms in total. The van der Waals surface area contributed by atoms with Crippen LogP contribution in [0.1, 0.15) is 31.9 Å². The summed E-state index contributed by atoms with van der Waals surface area (Å²) < 4.78 is 0. The van der Waals surface area contributed by atoms with E-state index in [1.807, 2.05) is 23.1 Å². The Morgan fingerprint density at radius 3 is 2.81 bits per heavy atom. The number of amides is 1. The van der Waals surface area contributed by atoms with Gasteiger partial charge in [0.25, 0.3) is 0 Å². The van der Waals surface area contributed by atoms with E-state index in [4.69, 9.17) is 0 Å². The second kappa shape index (κ2) is 7.55. The molecule has 0 aliphatic carbocycles. The average Bonchev–Trinajstić information content (AvgIpc) is 2.90. The summed E-state index contributed by atoms with van der Waals surface area (Å²) >= 11 is 0. The van der Waals surface area contributed by atoms with Crippen molar-refractivity contribution in [1.29, 1.82) is 0 Å². The van der Waals surface area contributed by atoms with E-state index in [1.165, 1.54) is 12.8 Å². The first-order valence-corrected chi connectivity index (χ1v) is 7.96. The molecule has 2 atom stereocenters. The van der Waals surface area contributed by atoms with Gasteiger partial charge in [0.15, 0.2) is 0 Å². The fraction of sp³-hybridized carbons (Fsp3) is 0.647. The van der Waals surface area contributed by atoms with E-state index < -0.39 is 0 Å². The van der Waals surface area contributed by atoms with Gasteiger partial charge in [-0.2, -0.15) is 0 Å². The number of likely N-dealkylation sites (N-methyl/N-ethyl adjacent to an activating group) is 1. The van der Waals surface area contributed by atoms with Crippen LogP contribution in [0.15, 0.2) is 24.4 Å². The lowest BCUT2D eigenvalue weighted by Gasteiger charge is -2.24. The predicted molar refractivity (Wildman–Crippen MR) is 85.0 cm³/mol. The zero-order valence-corrected chi connectivity index (χ0v) is 13.5. The van der Waals surface area contributed by atoms with Crippen LogP contribution in [0, 0.1) is 5.92 Å². The van der Waals surface area contributed by atoms with Gasteiger partial charge in [-0.15, -0.1) is 0 Å². The van der Waals surface area contributed by atoms with Crippen molar-refractivity contribution >= 4 is 5.91 Å². The second-order valence-corrected chi connectivity index (χ2v) is 6.20. The number of hydrogen-bond acceptors (Lipinski definition) is 3. The number of pyridine rings is 1. The van der Waals surface area contributed by atoms with Crippen molar-refractivity contribution in [3.05, 3.63) is 30.1 Å². The molecule has 1 amide bonds. The molecule has 0 bridgehead atoms. The van der Waals surface area contributed by atoms with Gasteiger partial charge in [0.2, 0.25) is 5.91 Å². The zero-order chi connectivity index (χ0) is 15.2. The van der Waals surface area contributed by atoms with Crippen LogP contribution in [0.2, 0.25) is 0 Å². The summed E-state index contributed by atoms with van der Waals surface area (Å²) in [5.74, 6) is 0.884. The van der Waals surface area contributed by atoms with Crippen LogP contribution in [0.4, 0.5) is 0 Å². The maximum atomic E-state index is 12.4. The Balaban J connectivity index is 1.88. The maximum Gasteiger partial charge on any atom is 0.223 e. The van der Waals surface area contributed by atoms with Crippen molar-refractivity contribution in [3.63, 3.8) is 0 Å². The first-order chi connectivity index (χ1) is 10.1. The molecule has 1 aromatic rings. The number of rotatable bonds is 6. The molecule has 4 heteroatoms. The molecule has 21 heavy (non-hydrogen) atoms. The molecule has 1 saturated heterocycles. The van der Waals surface area contributed by atoms with Gasteiger partial charge >= 0.3 is 0 Å². The third-order valence-electron chi connectivity index (χ3n) is 4.40. The monoisotopic (exact) mass is 289 g/mol. The van der Waals surface area contributed by atoms with Gasteiger partial charge in [0.05, 0.1) is 0 Å². The van der Waals surface area contributed by atoms with Gasteiger partial charge in [-0.1, -0.05) is 19.4 Å². The summed E-state index contributed by atoms with van der Waals surface area (Å²) in [4.78, 5) is 21.0. The molecule has 0 spiro atoms. The third kappa shape index (κ3) is 4.27. The van der Waals surface area contributed by atoms with Crippen molar-refractivity contribution in [1.82, 2.24) is 14.8 Å². The highest BCUT2D eigenvalue weighted by molar-refractivity contribution is 5.76. The number of aryl methyl sites for hydroxylation is 1. The smallest absolute Gasteiger partial charge is 0.223 e. The van der Waals surface area contributed by atoms with E-state index in [1.54, 1.807) is 6.20 Å². The topological polar surface area (TPSA) is 36.4 Å². The first kappa shape index (κ1) is 16.0. The van der Waals surface area contributed by atoms with E-state index in [0.29, 0.717) is 18.4 Å². The highest BCUT2D eigenvalue weighted by Gasteiger charge is 2.35. The molecular formula is C17H27N3O. The number of likely N-dealkylation sites (tertiary alicyclic amines) is 1. The third-order valence-corrected chi connectivity index (χ3v) is 4.40. The molecular weight excluding hydrogens is 262 g/mol. The SMILES string of the molecule is CCC[C@@H]1CN(C(=O)CCc2ccccn2)C[C@H]1N(C)C. The molecule has 1 fully saturated rings. The van der Waals surface area contributed by atoms with E-state index in [-0.39, 0.29) is 5.91 Å². The van der Waals surface area contributed by atoms with Crippen LogP contribution in [0.3, 0.4) is 0 Å². The molecule has 1 aromatic heterocycles. The Morgan fingerprint density at radius 2 is 2.19 bits per heavy atom. The lowest BCUT2D eigenvalue weighted by Crippen LogP contribution is -2.36. The lowest BCUT2D eigenvalue weighted by atomic mass is 9.98. The quantitative estimate of drug-likeness (QED) is 0.805. The fourth-order valence-electron chi connectivity index (χ4n) is 3.24. The highest BCUT2D eigenvalue weighted by Crippen LogP contribution is 2.25. The number of carbonyl (C=O) groups is 1. The minimum absolute atomic E-state index is 0.270. The molecule has 1 aliphatic heterocycles. The van der Waals surface area contributed by atoms with E-state index in [2.05, 4.69) is 30.9 Å². The van der Waals surface area contributed by atoms with Crippen molar-refractivity contribution in [2.24, 2.45) is 5.92 Å². The standard InChI is InChI=1S/C17H27N3O/c1-4-7-14-12-20(13-16(14)19(2)3)17(21)10-9-15-8-5-6-11-18-15/h5-6,8,11,14,16H,4,7,9-10,12-13H2,1-3H3/t14-,16-/m1/s1.